The van der Waals surface area contributed by atoms with Gasteiger partial charge in [-0.2, -0.15) is 0 Å². The Morgan fingerprint density at radius 2 is 2.03 bits per heavy atom. The van der Waals surface area contributed by atoms with Gasteiger partial charge in [0, 0.05) is 57.6 Å². The van der Waals surface area contributed by atoms with Crippen LogP contribution in [-0.4, -0.2) is 75.5 Å². The minimum Gasteiger partial charge on any atom is -0.349 e. The topological polar surface area (TPSA) is 117 Å². The van der Waals surface area contributed by atoms with Crippen molar-refractivity contribution in [2.75, 3.05) is 33.0 Å². The van der Waals surface area contributed by atoms with Gasteiger partial charge in [0.15, 0.2) is 10.8 Å². The number of carbonyl (C=O) groups is 2. The number of aliphatic imine (C=N–C) groups is 1. The zero-order valence-corrected chi connectivity index (χ0v) is 17.6. The van der Waals surface area contributed by atoms with Crippen LogP contribution in [0.1, 0.15) is 27.3 Å². The molecule has 0 aliphatic carbocycles. The van der Waals surface area contributed by atoms with Gasteiger partial charge in [-0.1, -0.05) is 11.3 Å². The number of anilines is 2. The maximum absolute atomic E-state index is 12.7. The minimum absolute atomic E-state index is 0.0387. The van der Waals surface area contributed by atoms with Crippen LogP contribution in [0.4, 0.5) is 11.6 Å². The van der Waals surface area contributed by atoms with Gasteiger partial charge in [-0.25, -0.2) is 19.9 Å². The Morgan fingerprint density at radius 3 is 2.83 bits per heavy atom. The summed E-state index contributed by atoms with van der Waals surface area (Å²) in [5.41, 5.74) is 2.59. The first-order valence-electron chi connectivity index (χ1n) is 9.25. The Hall–Kier alpha value is -3.47. The third-order valence-corrected chi connectivity index (χ3v) is 5.60. The lowest BCUT2D eigenvalue weighted by Crippen LogP contribution is -2.32. The molecule has 1 N–H and O–H groups in total. The van der Waals surface area contributed by atoms with Gasteiger partial charge in [0.1, 0.15) is 22.5 Å². The van der Waals surface area contributed by atoms with E-state index in [1.54, 1.807) is 27.3 Å². The second kappa shape index (κ2) is 8.11. The fourth-order valence-electron chi connectivity index (χ4n) is 2.87. The number of thiazole rings is 1. The molecule has 1 aliphatic heterocycles. The first-order valence-corrected chi connectivity index (χ1v) is 10.1. The zero-order chi connectivity index (χ0) is 21.3. The van der Waals surface area contributed by atoms with Crippen LogP contribution < -0.4 is 5.32 Å². The van der Waals surface area contributed by atoms with Crippen molar-refractivity contribution in [3.8, 4) is 0 Å². The van der Waals surface area contributed by atoms with Gasteiger partial charge in [0.25, 0.3) is 5.91 Å². The van der Waals surface area contributed by atoms with Crippen LogP contribution in [-0.2, 0) is 11.3 Å². The SMILES string of the molecule is CN(C)C(=O)CCN(C)C(=O)c1nc2c(Nc3cc4c(cn3)CN=C4)ncnc2s1. The summed E-state index contributed by atoms with van der Waals surface area (Å²) in [4.78, 5) is 49.7. The molecule has 0 saturated heterocycles. The number of nitrogens with one attached hydrogen (secondary N) is 1. The Morgan fingerprint density at radius 1 is 1.20 bits per heavy atom. The molecule has 154 valence electrons. The highest BCUT2D eigenvalue weighted by molar-refractivity contribution is 7.19. The average Bonchev–Trinajstić information content (AvgIpc) is 3.38. The monoisotopic (exact) mass is 424 g/mol. The Kier molecular flexibility index (Phi) is 5.36. The Labute approximate surface area is 176 Å². The first-order chi connectivity index (χ1) is 14.4. The second-order valence-electron chi connectivity index (χ2n) is 7.02. The van der Waals surface area contributed by atoms with Gasteiger partial charge in [-0.15, -0.1) is 0 Å². The van der Waals surface area contributed by atoms with Crippen molar-refractivity contribution in [3.05, 3.63) is 34.7 Å². The van der Waals surface area contributed by atoms with Crippen LogP contribution in [0.3, 0.4) is 0 Å². The van der Waals surface area contributed by atoms with Crippen molar-refractivity contribution in [3.63, 3.8) is 0 Å². The minimum atomic E-state index is -0.262. The van der Waals surface area contributed by atoms with Gasteiger partial charge in [0.2, 0.25) is 5.91 Å². The molecule has 0 unspecified atom stereocenters. The van der Waals surface area contributed by atoms with E-state index in [1.165, 1.54) is 27.5 Å². The molecule has 10 nitrogen and oxygen atoms in total. The average molecular weight is 424 g/mol. The predicted octanol–water partition coefficient (Wildman–Crippen LogP) is 1.71. The van der Waals surface area contributed by atoms with Gasteiger partial charge < -0.3 is 15.1 Å². The van der Waals surface area contributed by atoms with E-state index in [0.29, 0.717) is 40.1 Å². The lowest BCUT2D eigenvalue weighted by molar-refractivity contribution is -0.128. The molecule has 4 rings (SSSR count). The molecule has 3 aromatic rings. The highest BCUT2D eigenvalue weighted by atomic mass is 32.1. The van der Waals surface area contributed by atoms with Gasteiger partial charge in [-0.3, -0.25) is 14.6 Å². The Bertz CT molecular complexity index is 1160. The molecule has 4 heterocycles. The third kappa shape index (κ3) is 3.96. The number of pyridine rings is 1. The van der Waals surface area contributed by atoms with E-state index in [-0.39, 0.29) is 18.2 Å². The molecule has 3 aromatic heterocycles. The molecule has 0 atom stereocenters. The zero-order valence-electron chi connectivity index (χ0n) is 16.8. The molecule has 0 saturated carbocycles. The molecule has 2 amide bonds. The summed E-state index contributed by atoms with van der Waals surface area (Å²) in [6.07, 6.45) is 5.27. The van der Waals surface area contributed by atoms with E-state index in [2.05, 4.69) is 30.2 Å². The summed E-state index contributed by atoms with van der Waals surface area (Å²) in [7, 11) is 5.03. The van der Waals surface area contributed by atoms with Crippen LogP contribution >= 0.6 is 11.3 Å². The van der Waals surface area contributed by atoms with Crippen molar-refractivity contribution >= 4 is 51.3 Å². The number of hydrogen-bond acceptors (Lipinski definition) is 9. The van der Waals surface area contributed by atoms with E-state index in [0.717, 1.165) is 11.1 Å². The Balaban J connectivity index is 1.54. The highest BCUT2D eigenvalue weighted by Gasteiger charge is 2.20. The van der Waals surface area contributed by atoms with Gasteiger partial charge in [-0.05, 0) is 6.07 Å². The molecule has 11 heteroatoms. The van der Waals surface area contributed by atoms with Crippen molar-refractivity contribution in [2.45, 2.75) is 13.0 Å². The molecule has 0 spiro atoms. The van der Waals surface area contributed by atoms with Crippen molar-refractivity contribution in [1.29, 1.82) is 0 Å². The van der Waals surface area contributed by atoms with Crippen molar-refractivity contribution < 1.29 is 9.59 Å². The van der Waals surface area contributed by atoms with E-state index in [4.69, 9.17) is 0 Å². The highest BCUT2D eigenvalue weighted by Crippen LogP contribution is 2.27. The van der Waals surface area contributed by atoms with Crippen LogP contribution in [0, 0.1) is 0 Å². The van der Waals surface area contributed by atoms with Crippen LogP contribution in [0.5, 0.6) is 0 Å². The molecule has 0 radical (unpaired) electrons. The predicted molar refractivity (Wildman–Crippen MR) is 114 cm³/mol. The van der Waals surface area contributed by atoms with Gasteiger partial charge >= 0.3 is 0 Å². The van der Waals surface area contributed by atoms with E-state index >= 15 is 0 Å². The van der Waals surface area contributed by atoms with Crippen LogP contribution in [0.15, 0.2) is 23.6 Å². The molecule has 1 aliphatic rings. The molecule has 30 heavy (non-hydrogen) atoms. The third-order valence-electron chi connectivity index (χ3n) is 4.65. The number of nitrogens with zero attached hydrogens (tertiary/aromatic N) is 7. The fourth-order valence-corrected chi connectivity index (χ4v) is 3.77. The summed E-state index contributed by atoms with van der Waals surface area (Å²) >= 11 is 1.19. The summed E-state index contributed by atoms with van der Waals surface area (Å²) < 4.78 is 0. The van der Waals surface area contributed by atoms with E-state index < -0.39 is 0 Å². The van der Waals surface area contributed by atoms with Crippen LogP contribution in [0.2, 0.25) is 0 Å². The summed E-state index contributed by atoms with van der Waals surface area (Å²) in [5, 5.41) is 3.45. The second-order valence-corrected chi connectivity index (χ2v) is 8.00. The number of amides is 2. The van der Waals surface area contributed by atoms with E-state index in [9.17, 15) is 9.59 Å². The summed E-state index contributed by atoms with van der Waals surface area (Å²) in [6, 6.07) is 1.90. The fraction of sp³-hybridized carbons (Fsp3) is 0.316. The van der Waals surface area contributed by atoms with Gasteiger partial charge in [0.05, 0.1) is 6.54 Å². The number of rotatable bonds is 6. The van der Waals surface area contributed by atoms with E-state index in [1.807, 2.05) is 12.3 Å². The smallest absolute Gasteiger partial charge is 0.282 e. The normalized spacial score (nSPS) is 12.1. The van der Waals surface area contributed by atoms with Crippen molar-refractivity contribution in [1.82, 2.24) is 29.7 Å². The molecule has 0 fully saturated rings. The number of aromatic nitrogens is 4. The lowest BCUT2D eigenvalue weighted by atomic mass is 10.2. The maximum atomic E-state index is 12.7. The largest absolute Gasteiger partial charge is 0.349 e. The standard InChI is InChI=1S/C19H20N8O2S/c1-26(2)14(28)4-5-27(3)19(29)18-25-15-16(22-10-23-17(15)30-18)24-13-6-11-7-20-8-12(11)9-21-13/h6-7,9-10H,4-5,8H2,1-3H3,(H,21,22,23,24). The quantitative estimate of drug-likeness (QED) is 0.640. The molecule has 0 aromatic carbocycles. The number of fused-ring (bicyclic) bond motifs is 2. The first kappa shape index (κ1) is 19.8. The molecular weight excluding hydrogens is 404 g/mol. The van der Waals surface area contributed by atoms with Crippen molar-refractivity contribution in [2.24, 2.45) is 4.99 Å². The summed E-state index contributed by atoms with van der Waals surface area (Å²) in [5.74, 6) is 0.788. The number of carbonyl (C=O) groups excluding carboxylic acids is 2. The summed E-state index contributed by atoms with van der Waals surface area (Å²) in [6.45, 7) is 0.953. The maximum Gasteiger partial charge on any atom is 0.282 e. The molecular formula is C19H20N8O2S. The van der Waals surface area contributed by atoms with Crippen LogP contribution in [0.25, 0.3) is 10.3 Å². The number of hydrogen-bond donors (Lipinski definition) is 1. The lowest BCUT2D eigenvalue weighted by Gasteiger charge is -2.17. The molecule has 0 bridgehead atoms.